The van der Waals surface area contributed by atoms with Crippen molar-refractivity contribution in [2.45, 2.75) is 0 Å². The van der Waals surface area contributed by atoms with Gasteiger partial charge in [0.1, 0.15) is 17.2 Å². The van der Waals surface area contributed by atoms with Crippen LogP contribution < -0.4 is 10.2 Å². The SMILES string of the molecule is Cn1nccc1C(=O)Oc1ccc(/C=N/NC(=O)c2cc(Br)ccc2O)cc1. The van der Waals surface area contributed by atoms with Gasteiger partial charge in [-0.3, -0.25) is 9.48 Å². The van der Waals surface area contributed by atoms with Crippen LogP contribution in [0.25, 0.3) is 0 Å². The molecule has 0 fully saturated rings. The molecule has 0 aliphatic rings. The van der Waals surface area contributed by atoms with E-state index in [9.17, 15) is 14.7 Å². The number of hydrogen-bond donors (Lipinski definition) is 2. The van der Waals surface area contributed by atoms with Crippen LogP contribution in [0.3, 0.4) is 0 Å². The number of ether oxygens (including phenoxy) is 1. The average Bonchev–Trinajstić information content (AvgIpc) is 3.11. The fourth-order valence-electron chi connectivity index (χ4n) is 2.27. The van der Waals surface area contributed by atoms with E-state index in [4.69, 9.17) is 4.74 Å². The first-order valence-corrected chi connectivity index (χ1v) is 8.85. The third kappa shape index (κ3) is 4.63. The summed E-state index contributed by atoms with van der Waals surface area (Å²) in [4.78, 5) is 24.1. The molecule has 0 spiro atoms. The fourth-order valence-corrected chi connectivity index (χ4v) is 2.63. The Morgan fingerprint density at radius 2 is 1.96 bits per heavy atom. The summed E-state index contributed by atoms with van der Waals surface area (Å²) in [6.07, 6.45) is 2.94. The maximum atomic E-state index is 12.1. The van der Waals surface area contributed by atoms with Crippen molar-refractivity contribution in [3.8, 4) is 11.5 Å². The van der Waals surface area contributed by atoms with Gasteiger partial charge in [0.25, 0.3) is 5.91 Å². The number of nitrogens with zero attached hydrogens (tertiary/aromatic N) is 3. The van der Waals surface area contributed by atoms with Gasteiger partial charge in [0.15, 0.2) is 0 Å². The number of amides is 1. The van der Waals surface area contributed by atoms with Crippen molar-refractivity contribution in [3.05, 3.63) is 76.0 Å². The Hall–Kier alpha value is -3.46. The summed E-state index contributed by atoms with van der Waals surface area (Å²) in [5.41, 5.74) is 3.46. The van der Waals surface area contributed by atoms with Gasteiger partial charge in [-0.2, -0.15) is 10.2 Å². The second-order valence-corrected chi connectivity index (χ2v) is 6.57. The first-order chi connectivity index (χ1) is 13.4. The quantitative estimate of drug-likeness (QED) is 0.273. The van der Waals surface area contributed by atoms with Gasteiger partial charge in [-0.05, 0) is 54.1 Å². The minimum absolute atomic E-state index is 0.101. The Morgan fingerprint density at radius 3 is 2.64 bits per heavy atom. The number of phenols is 1. The van der Waals surface area contributed by atoms with E-state index < -0.39 is 11.9 Å². The summed E-state index contributed by atoms with van der Waals surface area (Å²) in [6.45, 7) is 0. The molecule has 0 aliphatic carbocycles. The molecule has 1 aromatic heterocycles. The van der Waals surface area contributed by atoms with Gasteiger partial charge in [-0.15, -0.1) is 0 Å². The van der Waals surface area contributed by atoms with Gasteiger partial charge < -0.3 is 9.84 Å². The van der Waals surface area contributed by atoms with Crippen LogP contribution in [-0.4, -0.2) is 33.0 Å². The number of hydrazone groups is 1. The Morgan fingerprint density at radius 1 is 1.21 bits per heavy atom. The molecule has 2 aromatic carbocycles. The third-order valence-electron chi connectivity index (χ3n) is 3.70. The fraction of sp³-hybridized carbons (Fsp3) is 0.0526. The summed E-state index contributed by atoms with van der Waals surface area (Å²) in [6, 6.07) is 12.7. The van der Waals surface area contributed by atoms with Crippen LogP contribution in [0.2, 0.25) is 0 Å². The van der Waals surface area contributed by atoms with Crippen LogP contribution >= 0.6 is 15.9 Å². The number of nitrogens with one attached hydrogen (secondary N) is 1. The molecular weight excluding hydrogens is 428 g/mol. The summed E-state index contributed by atoms with van der Waals surface area (Å²) in [7, 11) is 1.65. The molecule has 28 heavy (non-hydrogen) atoms. The topological polar surface area (TPSA) is 106 Å². The maximum Gasteiger partial charge on any atom is 0.361 e. The molecule has 142 valence electrons. The van der Waals surface area contributed by atoms with Gasteiger partial charge in [0.05, 0.1) is 11.8 Å². The molecule has 3 rings (SSSR count). The molecule has 9 heteroatoms. The molecule has 3 aromatic rings. The molecule has 1 amide bonds. The van der Waals surface area contributed by atoms with E-state index in [1.807, 2.05) is 0 Å². The first-order valence-electron chi connectivity index (χ1n) is 8.06. The van der Waals surface area contributed by atoms with Crippen LogP contribution in [-0.2, 0) is 7.05 Å². The van der Waals surface area contributed by atoms with Crippen molar-refractivity contribution in [2.24, 2.45) is 12.1 Å². The van der Waals surface area contributed by atoms with Crippen LogP contribution in [0.15, 0.2) is 64.3 Å². The van der Waals surface area contributed by atoms with Gasteiger partial charge in [0, 0.05) is 17.7 Å². The van der Waals surface area contributed by atoms with Crippen molar-refractivity contribution in [2.75, 3.05) is 0 Å². The number of benzene rings is 2. The maximum absolute atomic E-state index is 12.1. The van der Waals surface area contributed by atoms with E-state index in [1.54, 1.807) is 43.4 Å². The molecule has 0 unspecified atom stereocenters. The zero-order chi connectivity index (χ0) is 20.1. The molecule has 8 nitrogen and oxygen atoms in total. The standard InChI is InChI=1S/C19H15BrN4O4/c1-24-16(8-9-22-24)19(27)28-14-5-2-12(3-6-14)11-21-23-18(26)15-10-13(20)4-7-17(15)25/h2-11,25H,1H3,(H,23,26)/b21-11+. The number of rotatable bonds is 5. The highest BCUT2D eigenvalue weighted by molar-refractivity contribution is 9.10. The van der Waals surface area contributed by atoms with E-state index in [-0.39, 0.29) is 11.3 Å². The number of phenolic OH excluding ortho intramolecular Hbond substituents is 1. The van der Waals surface area contributed by atoms with Gasteiger partial charge in [-0.1, -0.05) is 15.9 Å². The zero-order valence-electron chi connectivity index (χ0n) is 14.7. The number of aromatic nitrogens is 2. The number of aryl methyl sites for hydroxylation is 1. The molecule has 0 saturated heterocycles. The monoisotopic (exact) mass is 442 g/mol. The molecule has 1 heterocycles. The lowest BCUT2D eigenvalue weighted by Gasteiger charge is -2.05. The van der Waals surface area contributed by atoms with E-state index in [0.29, 0.717) is 21.5 Å². The Bertz CT molecular complexity index is 1040. The van der Waals surface area contributed by atoms with Crippen LogP contribution in [0.5, 0.6) is 11.5 Å². The number of esters is 1. The molecular formula is C19H15BrN4O4. The third-order valence-corrected chi connectivity index (χ3v) is 4.20. The number of carbonyl (C=O) groups excluding carboxylic acids is 2. The van der Waals surface area contributed by atoms with Gasteiger partial charge in [0.2, 0.25) is 0 Å². The van der Waals surface area contributed by atoms with Crippen molar-refractivity contribution in [3.63, 3.8) is 0 Å². The van der Waals surface area contributed by atoms with Crippen molar-refractivity contribution in [1.82, 2.24) is 15.2 Å². The van der Waals surface area contributed by atoms with E-state index >= 15 is 0 Å². The predicted molar refractivity (Wildman–Crippen MR) is 105 cm³/mol. The Labute approximate surface area is 168 Å². The van der Waals surface area contributed by atoms with E-state index in [1.165, 1.54) is 29.2 Å². The Balaban J connectivity index is 1.59. The molecule has 0 atom stereocenters. The lowest BCUT2D eigenvalue weighted by atomic mass is 10.2. The number of halogens is 1. The largest absolute Gasteiger partial charge is 0.507 e. The van der Waals surface area contributed by atoms with E-state index in [0.717, 1.165) is 0 Å². The molecule has 0 bridgehead atoms. The predicted octanol–water partition coefficient (Wildman–Crippen LogP) is 2.87. The minimum atomic E-state index is -0.545. The van der Waals surface area contributed by atoms with Crippen molar-refractivity contribution >= 4 is 34.0 Å². The summed E-state index contributed by atoms with van der Waals surface area (Å²) >= 11 is 3.24. The summed E-state index contributed by atoms with van der Waals surface area (Å²) in [5, 5.41) is 17.5. The number of carbonyl (C=O) groups is 2. The number of aromatic hydroxyl groups is 1. The van der Waals surface area contributed by atoms with Gasteiger partial charge in [-0.25, -0.2) is 10.2 Å². The van der Waals surface area contributed by atoms with Crippen molar-refractivity contribution < 1.29 is 19.4 Å². The molecule has 0 aliphatic heterocycles. The minimum Gasteiger partial charge on any atom is -0.507 e. The number of hydrogen-bond acceptors (Lipinski definition) is 6. The summed E-state index contributed by atoms with van der Waals surface area (Å²) in [5.74, 6) is -0.832. The highest BCUT2D eigenvalue weighted by Crippen LogP contribution is 2.21. The highest BCUT2D eigenvalue weighted by Gasteiger charge is 2.12. The van der Waals surface area contributed by atoms with Crippen LogP contribution in [0.4, 0.5) is 0 Å². The normalized spacial score (nSPS) is 10.8. The van der Waals surface area contributed by atoms with Crippen molar-refractivity contribution in [1.29, 1.82) is 0 Å². The van der Waals surface area contributed by atoms with Gasteiger partial charge >= 0.3 is 5.97 Å². The smallest absolute Gasteiger partial charge is 0.361 e. The zero-order valence-corrected chi connectivity index (χ0v) is 16.3. The lowest BCUT2D eigenvalue weighted by Crippen LogP contribution is -2.17. The highest BCUT2D eigenvalue weighted by atomic mass is 79.9. The molecule has 0 radical (unpaired) electrons. The van der Waals surface area contributed by atoms with Crippen LogP contribution in [0, 0.1) is 0 Å². The Kier molecular flexibility index (Phi) is 5.85. The lowest BCUT2D eigenvalue weighted by molar-refractivity contribution is 0.0723. The first kappa shape index (κ1) is 19.3. The molecule has 0 saturated carbocycles. The van der Waals surface area contributed by atoms with E-state index in [2.05, 4.69) is 31.6 Å². The average molecular weight is 443 g/mol. The van der Waals surface area contributed by atoms with Crippen LogP contribution in [0.1, 0.15) is 26.4 Å². The summed E-state index contributed by atoms with van der Waals surface area (Å²) < 4.78 is 7.36. The molecule has 2 N–H and O–H groups in total. The second-order valence-electron chi connectivity index (χ2n) is 5.66. The second kappa shape index (κ2) is 8.49.